The predicted octanol–water partition coefficient (Wildman–Crippen LogP) is 15.8. The van der Waals surface area contributed by atoms with Gasteiger partial charge in [-0.3, -0.25) is 0 Å². The highest BCUT2D eigenvalue weighted by molar-refractivity contribution is 5.89. The summed E-state index contributed by atoms with van der Waals surface area (Å²) in [6, 6.07) is 34.4. The van der Waals surface area contributed by atoms with Crippen molar-refractivity contribution in [2.24, 2.45) is 11.8 Å². The number of hydrogen-bond acceptors (Lipinski definition) is 3. The fourth-order valence-electron chi connectivity index (χ4n) is 13.3. The second-order valence-electron chi connectivity index (χ2n) is 20.7. The first-order valence-corrected chi connectivity index (χ1v) is 26.1. The Labute approximate surface area is 395 Å². The monoisotopic (exact) mass is 875 g/mol. The van der Waals surface area contributed by atoms with Crippen molar-refractivity contribution in [3.05, 3.63) is 147 Å². The van der Waals surface area contributed by atoms with Gasteiger partial charge in [0.15, 0.2) is 0 Å². The first kappa shape index (κ1) is 43.3. The molecule has 5 aliphatic rings. The molecule has 66 heavy (non-hydrogen) atoms. The van der Waals surface area contributed by atoms with E-state index in [2.05, 4.69) is 105 Å². The molecular weight excluding hydrogens is 805 g/mol. The molecule has 3 heteroatoms. The van der Waals surface area contributed by atoms with E-state index in [0.717, 1.165) is 54.1 Å². The SMILES string of the molecule is COc1c(-c2ccccc2OCC2CCCCC2COc2ccccc2-c2cccc(-c3c4c(cc5c3CCCC5)CCCC4)c2C)cc(C)cc1-c1c2c(cc3c1CCCC3)CCCC2. The third-order valence-electron chi connectivity index (χ3n) is 16.6. The van der Waals surface area contributed by atoms with Gasteiger partial charge in [-0.15, -0.1) is 0 Å². The zero-order valence-corrected chi connectivity index (χ0v) is 40.1. The van der Waals surface area contributed by atoms with Gasteiger partial charge in [0.2, 0.25) is 0 Å². The van der Waals surface area contributed by atoms with Gasteiger partial charge >= 0.3 is 0 Å². The molecule has 0 aliphatic heterocycles. The minimum absolute atomic E-state index is 0.414. The van der Waals surface area contributed by atoms with Crippen LogP contribution in [0.3, 0.4) is 0 Å². The summed E-state index contributed by atoms with van der Waals surface area (Å²) in [6.45, 7) is 5.99. The molecular formula is C63H70O3. The van der Waals surface area contributed by atoms with Crippen LogP contribution in [0.5, 0.6) is 17.2 Å². The van der Waals surface area contributed by atoms with E-state index in [-0.39, 0.29) is 0 Å². The first-order chi connectivity index (χ1) is 32.5. The van der Waals surface area contributed by atoms with Crippen molar-refractivity contribution in [3.8, 4) is 61.8 Å². The lowest BCUT2D eigenvalue weighted by Crippen LogP contribution is -2.30. The molecule has 0 amide bonds. The average molecular weight is 875 g/mol. The van der Waals surface area contributed by atoms with Gasteiger partial charge in [-0.25, -0.2) is 0 Å². The van der Waals surface area contributed by atoms with Crippen LogP contribution in [0.4, 0.5) is 0 Å². The molecule has 1 saturated carbocycles. The van der Waals surface area contributed by atoms with Crippen LogP contribution in [0.25, 0.3) is 44.5 Å². The van der Waals surface area contributed by atoms with E-state index in [1.807, 2.05) is 7.11 Å². The van der Waals surface area contributed by atoms with E-state index in [0.29, 0.717) is 25.0 Å². The van der Waals surface area contributed by atoms with Crippen molar-refractivity contribution in [1.82, 2.24) is 0 Å². The van der Waals surface area contributed by atoms with Crippen LogP contribution in [0, 0.1) is 25.7 Å². The highest BCUT2D eigenvalue weighted by Gasteiger charge is 2.30. The Kier molecular flexibility index (Phi) is 12.6. The fraction of sp³-hybridized carbons (Fsp3) is 0.429. The number of aryl methyl sites for hydroxylation is 5. The second kappa shape index (κ2) is 19.1. The summed E-state index contributed by atoms with van der Waals surface area (Å²) in [5, 5.41) is 0. The van der Waals surface area contributed by atoms with Gasteiger partial charge in [-0.1, -0.05) is 79.6 Å². The highest BCUT2D eigenvalue weighted by atomic mass is 16.5. The molecule has 11 rings (SSSR count). The Morgan fingerprint density at radius 2 is 0.818 bits per heavy atom. The number of hydrogen-bond donors (Lipinski definition) is 0. The second-order valence-corrected chi connectivity index (χ2v) is 20.7. The van der Waals surface area contributed by atoms with E-state index < -0.39 is 0 Å². The molecule has 0 N–H and O–H groups in total. The maximum absolute atomic E-state index is 7.01. The van der Waals surface area contributed by atoms with Crippen molar-refractivity contribution >= 4 is 0 Å². The maximum atomic E-state index is 7.01. The van der Waals surface area contributed by atoms with E-state index in [1.165, 1.54) is 142 Å². The van der Waals surface area contributed by atoms with Crippen LogP contribution in [-0.2, 0) is 51.4 Å². The molecule has 340 valence electrons. The van der Waals surface area contributed by atoms with Gasteiger partial charge in [0, 0.05) is 22.3 Å². The lowest BCUT2D eigenvalue weighted by molar-refractivity contribution is 0.105. The van der Waals surface area contributed by atoms with Crippen LogP contribution in [0.15, 0.2) is 91.0 Å². The smallest absolute Gasteiger partial charge is 0.134 e. The maximum Gasteiger partial charge on any atom is 0.134 e. The molecule has 2 unspecified atom stereocenters. The summed E-state index contributed by atoms with van der Waals surface area (Å²) < 4.78 is 20.5. The van der Waals surface area contributed by atoms with Crippen LogP contribution >= 0.6 is 0 Å². The summed E-state index contributed by atoms with van der Waals surface area (Å²) in [4.78, 5) is 0. The molecule has 5 aliphatic carbocycles. The zero-order valence-electron chi connectivity index (χ0n) is 40.1. The summed E-state index contributed by atoms with van der Waals surface area (Å²) >= 11 is 0. The lowest BCUT2D eigenvalue weighted by Gasteiger charge is -2.32. The Morgan fingerprint density at radius 3 is 1.32 bits per heavy atom. The van der Waals surface area contributed by atoms with E-state index in [1.54, 1.807) is 50.1 Å². The number of fused-ring (bicyclic) bond motifs is 4. The quantitative estimate of drug-likeness (QED) is 0.130. The van der Waals surface area contributed by atoms with E-state index in [4.69, 9.17) is 14.2 Å². The fourth-order valence-corrected chi connectivity index (χ4v) is 13.3. The molecule has 0 saturated heterocycles. The molecule has 0 aromatic heterocycles. The van der Waals surface area contributed by atoms with Gasteiger partial charge in [0.1, 0.15) is 17.2 Å². The third kappa shape index (κ3) is 8.28. The molecule has 6 aromatic carbocycles. The van der Waals surface area contributed by atoms with Crippen molar-refractivity contribution in [3.63, 3.8) is 0 Å². The minimum Gasteiger partial charge on any atom is -0.495 e. The van der Waals surface area contributed by atoms with Gasteiger partial charge in [-0.2, -0.15) is 0 Å². The van der Waals surface area contributed by atoms with Gasteiger partial charge in [-0.05, 0) is 243 Å². The number of benzene rings is 6. The predicted molar refractivity (Wildman–Crippen MR) is 274 cm³/mol. The summed E-state index contributed by atoms with van der Waals surface area (Å²) in [5.74, 6) is 3.75. The third-order valence-corrected chi connectivity index (χ3v) is 16.6. The summed E-state index contributed by atoms with van der Waals surface area (Å²) in [6.07, 6.45) is 24.7. The van der Waals surface area contributed by atoms with Gasteiger partial charge < -0.3 is 14.2 Å². The first-order valence-electron chi connectivity index (χ1n) is 26.1. The van der Waals surface area contributed by atoms with Gasteiger partial charge in [0.05, 0.1) is 20.3 Å². The molecule has 0 radical (unpaired) electrons. The van der Waals surface area contributed by atoms with Gasteiger partial charge in [0.25, 0.3) is 0 Å². The van der Waals surface area contributed by atoms with Crippen LogP contribution in [-0.4, -0.2) is 20.3 Å². The minimum atomic E-state index is 0.414. The van der Waals surface area contributed by atoms with Crippen molar-refractivity contribution in [2.75, 3.05) is 20.3 Å². The van der Waals surface area contributed by atoms with E-state index >= 15 is 0 Å². The molecule has 0 spiro atoms. The van der Waals surface area contributed by atoms with Crippen LogP contribution in [0.1, 0.15) is 133 Å². The van der Waals surface area contributed by atoms with Crippen molar-refractivity contribution in [1.29, 1.82) is 0 Å². The molecule has 1 fully saturated rings. The Bertz CT molecular complexity index is 2690. The largest absolute Gasteiger partial charge is 0.495 e. The normalized spacial score (nSPS) is 19.0. The Morgan fingerprint density at radius 1 is 0.409 bits per heavy atom. The summed E-state index contributed by atoms with van der Waals surface area (Å²) in [5.41, 5.74) is 25.9. The number of para-hydroxylation sites is 2. The molecule has 0 heterocycles. The molecule has 0 bridgehead atoms. The molecule has 3 nitrogen and oxygen atoms in total. The zero-order chi connectivity index (χ0) is 44.6. The Hall–Kier alpha value is -5.28. The standard InChI is InChI=1S/C63H70O3/c1-41-35-57(63(64-3)58(36-41)62-53-27-12-8-21-45(53)38-46-22-9-13-28-54(46)62)56-30-15-17-34-60(56)66-40-48-24-5-4-23-47(48)39-65-59-33-16-14-29-55(59)49-31-18-32-50(42(49)2)61-51-25-10-6-19-43(51)37-44-20-7-11-26-52(44)61/h14-18,29-38,47-48H,4-13,19-28,39-40H2,1-3H3. The topological polar surface area (TPSA) is 27.7 Å². The Balaban J connectivity index is 0.856. The number of rotatable bonds is 11. The molecule has 2 atom stereocenters. The summed E-state index contributed by atoms with van der Waals surface area (Å²) in [7, 11) is 1.87. The number of ether oxygens (including phenoxy) is 3. The highest BCUT2D eigenvalue weighted by Crippen LogP contribution is 2.49. The van der Waals surface area contributed by atoms with Crippen molar-refractivity contribution in [2.45, 2.75) is 142 Å². The van der Waals surface area contributed by atoms with E-state index in [9.17, 15) is 0 Å². The van der Waals surface area contributed by atoms with Crippen LogP contribution in [0.2, 0.25) is 0 Å². The lowest BCUT2D eigenvalue weighted by atomic mass is 9.76. The van der Waals surface area contributed by atoms with Crippen molar-refractivity contribution < 1.29 is 14.2 Å². The van der Waals surface area contributed by atoms with Crippen LogP contribution < -0.4 is 14.2 Å². The average Bonchev–Trinajstić information content (AvgIpc) is 3.36. The number of methoxy groups -OCH3 is 1. The molecule has 6 aromatic rings.